The molecule has 1 N–H and O–H groups in total. The van der Waals surface area contributed by atoms with Gasteiger partial charge >= 0.3 is 0 Å². The molecule has 2 rings (SSSR count). The summed E-state index contributed by atoms with van der Waals surface area (Å²) in [5, 5.41) is 5.04. The second kappa shape index (κ2) is 9.07. The van der Waals surface area contributed by atoms with Gasteiger partial charge in [0.25, 0.3) is 0 Å². The van der Waals surface area contributed by atoms with E-state index in [-0.39, 0.29) is 12.4 Å². The van der Waals surface area contributed by atoms with Crippen LogP contribution in [0.25, 0.3) is 0 Å². The van der Waals surface area contributed by atoms with Crippen LogP contribution in [0.1, 0.15) is 37.7 Å². The van der Waals surface area contributed by atoms with Gasteiger partial charge in [-0.2, -0.15) is 0 Å². The molecule has 19 heavy (non-hydrogen) atoms. The molecule has 1 aromatic carbocycles. The molecule has 0 saturated heterocycles. The molecule has 0 bridgehead atoms. The highest BCUT2D eigenvalue weighted by Gasteiger charge is 2.12. The number of rotatable bonds is 5. The van der Waals surface area contributed by atoms with E-state index in [2.05, 4.69) is 5.32 Å². The van der Waals surface area contributed by atoms with E-state index in [1.54, 1.807) is 0 Å². The van der Waals surface area contributed by atoms with Crippen molar-refractivity contribution < 1.29 is 0 Å². The van der Waals surface area contributed by atoms with Gasteiger partial charge in [-0.05, 0) is 56.0 Å². The van der Waals surface area contributed by atoms with Gasteiger partial charge in [-0.1, -0.05) is 48.5 Å². The van der Waals surface area contributed by atoms with Crippen molar-refractivity contribution in [1.82, 2.24) is 5.32 Å². The fourth-order valence-corrected chi connectivity index (χ4v) is 3.15. The van der Waals surface area contributed by atoms with E-state index in [1.807, 2.05) is 18.2 Å². The van der Waals surface area contributed by atoms with Crippen LogP contribution < -0.4 is 5.32 Å². The lowest BCUT2D eigenvalue weighted by Gasteiger charge is -2.21. The van der Waals surface area contributed by atoms with Crippen LogP contribution in [0.5, 0.6) is 0 Å². The maximum absolute atomic E-state index is 6.14. The van der Waals surface area contributed by atoms with E-state index in [4.69, 9.17) is 23.2 Å². The highest BCUT2D eigenvalue weighted by Crippen LogP contribution is 2.23. The second-order valence-electron chi connectivity index (χ2n) is 5.19. The molecule has 0 heterocycles. The van der Waals surface area contributed by atoms with Gasteiger partial charge < -0.3 is 5.32 Å². The molecule has 108 valence electrons. The van der Waals surface area contributed by atoms with Crippen LogP contribution in [0, 0.1) is 5.92 Å². The summed E-state index contributed by atoms with van der Waals surface area (Å²) in [5.74, 6) is 0.888. The Bertz CT molecular complexity index is 376. The van der Waals surface area contributed by atoms with Crippen LogP contribution in [0.3, 0.4) is 0 Å². The highest BCUT2D eigenvalue weighted by molar-refractivity contribution is 6.35. The number of hydrogen-bond acceptors (Lipinski definition) is 1. The van der Waals surface area contributed by atoms with Gasteiger partial charge in [-0.15, -0.1) is 12.4 Å². The molecule has 0 atom stereocenters. The maximum Gasteiger partial charge on any atom is 0.0453 e. The van der Waals surface area contributed by atoms with Crippen molar-refractivity contribution in [3.63, 3.8) is 0 Å². The van der Waals surface area contributed by atoms with Crippen LogP contribution in [0.4, 0.5) is 0 Å². The van der Waals surface area contributed by atoms with E-state index < -0.39 is 0 Å². The summed E-state index contributed by atoms with van der Waals surface area (Å²) in [4.78, 5) is 0. The zero-order valence-corrected chi connectivity index (χ0v) is 13.5. The summed E-state index contributed by atoms with van der Waals surface area (Å²) in [5.41, 5.74) is 1.18. The molecule has 1 aliphatic carbocycles. The van der Waals surface area contributed by atoms with Gasteiger partial charge in [0.05, 0.1) is 0 Å². The van der Waals surface area contributed by atoms with E-state index in [1.165, 1.54) is 37.7 Å². The smallest absolute Gasteiger partial charge is 0.0453 e. The zero-order valence-electron chi connectivity index (χ0n) is 11.1. The van der Waals surface area contributed by atoms with Gasteiger partial charge in [0.15, 0.2) is 0 Å². The van der Waals surface area contributed by atoms with E-state index in [9.17, 15) is 0 Å². The zero-order chi connectivity index (χ0) is 12.8. The third-order valence-corrected chi connectivity index (χ3v) is 4.33. The summed E-state index contributed by atoms with van der Waals surface area (Å²) in [6.07, 6.45) is 8.02. The lowest BCUT2D eigenvalue weighted by molar-refractivity contribution is 0.343. The molecule has 0 spiro atoms. The molecule has 1 fully saturated rings. The first-order chi connectivity index (χ1) is 8.75. The van der Waals surface area contributed by atoms with Crippen LogP contribution in [-0.4, -0.2) is 13.1 Å². The third kappa shape index (κ3) is 5.91. The van der Waals surface area contributed by atoms with Crippen molar-refractivity contribution in [2.45, 2.75) is 38.5 Å². The fourth-order valence-electron chi connectivity index (χ4n) is 2.64. The van der Waals surface area contributed by atoms with Crippen molar-refractivity contribution in [3.05, 3.63) is 33.8 Å². The largest absolute Gasteiger partial charge is 0.316 e. The Labute approximate surface area is 132 Å². The Morgan fingerprint density at radius 1 is 1.11 bits per heavy atom. The minimum atomic E-state index is 0. The monoisotopic (exact) mass is 321 g/mol. The average Bonchev–Trinajstić information content (AvgIpc) is 2.38. The molecule has 1 aliphatic rings. The minimum absolute atomic E-state index is 0. The molecule has 0 amide bonds. The quantitative estimate of drug-likeness (QED) is 0.741. The molecule has 1 aromatic rings. The summed E-state index contributed by atoms with van der Waals surface area (Å²) in [6, 6.07) is 5.75. The molecule has 0 aromatic heterocycles. The van der Waals surface area contributed by atoms with Crippen molar-refractivity contribution in [1.29, 1.82) is 0 Å². The van der Waals surface area contributed by atoms with Gasteiger partial charge in [0.2, 0.25) is 0 Å². The molecular weight excluding hydrogens is 301 g/mol. The Morgan fingerprint density at radius 2 is 1.84 bits per heavy atom. The van der Waals surface area contributed by atoms with Gasteiger partial charge in [-0.3, -0.25) is 0 Å². The Morgan fingerprint density at radius 3 is 2.53 bits per heavy atom. The summed E-state index contributed by atoms with van der Waals surface area (Å²) < 4.78 is 0. The molecule has 0 radical (unpaired) electrons. The van der Waals surface area contributed by atoms with Crippen molar-refractivity contribution >= 4 is 35.6 Å². The third-order valence-electron chi connectivity index (χ3n) is 3.74. The summed E-state index contributed by atoms with van der Waals surface area (Å²) in [7, 11) is 0. The first-order valence-electron chi connectivity index (χ1n) is 6.90. The second-order valence-corrected chi connectivity index (χ2v) is 6.04. The molecule has 1 nitrogen and oxygen atoms in total. The van der Waals surface area contributed by atoms with E-state index >= 15 is 0 Å². The van der Waals surface area contributed by atoms with Crippen molar-refractivity contribution in [2.24, 2.45) is 5.92 Å². The van der Waals surface area contributed by atoms with Gasteiger partial charge in [-0.25, -0.2) is 0 Å². The maximum atomic E-state index is 6.14. The number of hydrogen-bond donors (Lipinski definition) is 1. The molecular formula is C15H22Cl3N. The normalized spacial score (nSPS) is 16.1. The Kier molecular flexibility index (Phi) is 8.17. The Hall–Kier alpha value is 0.0500. The van der Waals surface area contributed by atoms with Gasteiger partial charge in [0, 0.05) is 10.0 Å². The Balaban J connectivity index is 0.00000180. The van der Waals surface area contributed by atoms with Crippen molar-refractivity contribution in [2.75, 3.05) is 13.1 Å². The highest BCUT2D eigenvalue weighted by atomic mass is 35.5. The summed E-state index contributed by atoms with van der Waals surface area (Å²) in [6.45, 7) is 2.16. The minimum Gasteiger partial charge on any atom is -0.316 e. The van der Waals surface area contributed by atoms with E-state index in [0.717, 1.165) is 30.5 Å². The number of nitrogens with one attached hydrogen (secondary N) is 1. The predicted octanol–water partition coefficient (Wildman–Crippen LogP) is 5.13. The van der Waals surface area contributed by atoms with E-state index in [0.29, 0.717) is 5.02 Å². The standard InChI is InChI=1S/C15H21Cl2N.ClH/c16-14-7-6-13(15(17)10-14)8-9-18-11-12-4-2-1-3-5-12;/h6-7,10,12,18H,1-5,8-9,11H2;1H. The van der Waals surface area contributed by atoms with Crippen LogP contribution in [0.15, 0.2) is 18.2 Å². The lowest BCUT2D eigenvalue weighted by atomic mass is 9.89. The first-order valence-corrected chi connectivity index (χ1v) is 7.66. The molecule has 4 heteroatoms. The fraction of sp³-hybridized carbons (Fsp3) is 0.600. The molecule has 1 saturated carbocycles. The van der Waals surface area contributed by atoms with Gasteiger partial charge in [0.1, 0.15) is 0 Å². The van der Waals surface area contributed by atoms with Crippen LogP contribution >= 0.6 is 35.6 Å². The number of halogens is 3. The topological polar surface area (TPSA) is 12.0 Å². The number of benzene rings is 1. The predicted molar refractivity (Wildman–Crippen MR) is 86.9 cm³/mol. The average molecular weight is 323 g/mol. The molecule has 0 aliphatic heterocycles. The summed E-state index contributed by atoms with van der Waals surface area (Å²) >= 11 is 12.0. The van der Waals surface area contributed by atoms with Crippen LogP contribution in [-0.2, 0) is 6.42 Å². The first kappa shape index (κ1) is 17.1. The SMILES string of the molecule is Cl.Clc1ccc(CCNCC2CCCCC2)c(Cl)c1. The van der Waals surface area contributed by atoms with Crippen molar-refractivity contribution in [3.8, 4) is 0 Å². The van der Waals surface area contributed by atoms with Crippen LogP contribution in [0.2, 0.25) is 10.0 Å². The molecule has 0 unspecified atom stereocenters. The lowest BCUT2D eigenvalue weighted by Crippen LogP contribution is -2.26.